The van der Waals surface area contributed by atoms with E-state index >= 15 is 0 Å². The predicted molar refractivity (Wildman–Crippen MR) is 90.8 cm³/mol. The van der Waals surface area contributed by atoms with Gasteiger partial charge in [0.1, 0.15) is 5.75 Å². The second-order valence-corrected chi connectivity index (χ2v) is 6.32. The smallest absolute Gasteiger partial charge is 0.334 e. The van der Waals surface area contributed by atoms with Crippen molar-refractivity contribution in [3.8, 4) is 5.75 Å². The molecule has 6 heteroatoms. The molecule has 0 bridgehead atoms. The topological polar surface area (TPSA) is 92.8 Å². The summed E-state index contributed by atoms with van der Waals surface area (Å²) in [7, 11) is 1.55. The van der Waals surface area contributed by atoms with E-state index in [1.807, 2.05) is 31.2 Å². The highest BCUT2D eigenvalue weighted by Crippen LogP contribution is 2.41. The number of hydrogen-bond donors (Lipinski definition) is 3. The molecule has 2 rings (SSSR count). The zero-order valence-corrected chi connectivity index (χ0v) is 13.7. The quantitative estimate of drug-likeness (QED) is 0.556. The van der Waals surface area contributed by atoms with Crippen LogP contribution in [0, 0.1) is 6.92 Å². The summed E-state index contributed by atoms with van der Waals surface area (Å²) in [5.74, 6) is -0.654. The first-order chi connectivity index (χ1) is 10.9. The highest BCUT2D eigenvalue weighted by molar-refractivity contribution is 7.99. The Morgan fingerprint density at radius 2 is 1.87 bits per heavy atom. The van der Waals surface area contributed by atoms with E-state index in [9.17, 15) is 15.0 Å². The summed E-state index contributed by atoms with van der Waals surface area (Å²) in [5.41, 5.74) is 8.25. The van der Waals surface area contributed by atoms with Crippen molar-refractivity contribution in [1.29, 1.82) is 0 Å². The molecule has 0 radical (unpaired) electrons. The number of carboxylic acid groups (broad SMARTS) is 1. The molecule has 0 aliphatic carbocycles. The summed E-state index contributed by atoms with van der Waals surface area (Å²) in [6, 6.07) is 12.5. The Balaban J connectivity index is 2.38. The first-order valence-corrected chi connectivity index (χ1v) is 7.88. The van der Waals surface area contributed by atoms with Gasteiger partial charge in [-0.1, -0.05) is 29.8 Å². The van der Waals surface area contributed by atoms with Gasteiger partial charge in [-0.3, -0.25) is 0 Å². The fraction of sp³-hybridized carbons (Fsp3) is 0.235. The molecule has 0 fully saturated rings. The summed E-state index contributed by atoms with van der Waals surface area (Å²) in [6.45, 7) is 1.94. The van der Waals surface area contributed by atoms with Crippen LogP contribution in [0.2, 0.25) is 0 Å². The van der Waals surface area contributed by atoms with E-state index in [0.29, 0.717) is 16.3 Å². The number of aliphatic hydroxyl groups excluding tert-OH is 1. The summed E-state index contributed by atoms with van der Waals surface area (Å²) in [5, 5.41) is 18.6. The van der Waals surface area contributed by atoms with Gasteiger partial charge in [-0.25, -0.2) is 4.79 Å². The molecule has 2 atom stereocenters. The molecule has 2 aromatic carbocycles. The lowest BCUT2D eigenvalue weighted by Crippen LogP contribution is -2.26. The number of hydrogen-bond acceptors (Lipinski definition) is 5. The Bertz CT molecular complexity index is 687. The normalized spacial score (nSPS) is 13.3. The zero-order chi connectivity index (χ0) is 17.0. The van der Waals surface area contributed by atoms with E-state index in [2.05, 4.69) is 0 Å². The Labute approximate surface area is 139 Å². The van der Waals surface area contributed by atoms with Crippen LogP contribution in [0.15, 0.2) is 47.4 Å². The second kappa shape index (κ2) is 7.39. The molecule has 0 aromatic heterocycles. The minimum atomic E-state index is -1.55. The number of methoxy groups -OCH3 is 1. The largest absolute Gasteiger partial charge is 0.497 e. The van der Waals surface area contributed by atoms with Crippen molar-refractivity contribution in [2.24, 2.45) is 0 Å². The van der Waals surface area contributed by atoms with Crippen LogP contribution in [0.5, 0.6) is 5.75 Å². The van der Waals surface area contributed by atoms with E-state index in [1.54, 1.807) is 25.3 Å². The van der Waals surface area contributed by atoms with E-state index in [0.717, 1.165) is 11.1 Å². The van der Waals surface area contributed by atoms with Gasteiger partial charge in [-0.2, -0.15) is 0 Å². The van der Waals surface area contributed by atoms with Gasteiger partial charge < -0.3 is 20.7 Å². The van der Waals surface area contributed by atoms with E-state index in [-0.39, 0.29) is 0 Å². The van der Waals surface area contributed by atoms with Crippen LogP contribution < -0.4 is 10.5 Å². The lowest BCUT2D eigenvalue weighted by molar-refractivity contribution is -0.146. The predicted octanol–water partition coefficient (Wildman–Crippen LogP) is 2.86. The number of ether oxygens (including phenoxy) is 1. The number of benzene rings is 2. The molecule has 0 aliphatic rings. The third-order valence-electron chi connectivity index (χ3n) is 3.42. The average molecular weight is 333 g/mol. The first kappa shape index (κ1) is 17.2. The molecule has 122 valence electrons. The third kappa shape index (κ3) is 4.18. The molecule has 0 spiro atoms. The van der Waals surface area contributed by atoms with Gasteiger partial charge in [0.05, 0.1) is 12.4 Å². The number of aryl methyl sites for hydroxylation is 1. The number of nitrogen functional groups attached to an aromatic ring is 1. The molecule has 0 heterocycles. The number of carbonyl (C=O) groups is 1. The van der Waals surface area contributed by atoms with Crippen molar-refractivity contribution in [2.75, 3.05) is 12.8 Å². The minimum absolute atomic E-state index is 0.505. The standard InChI is InChI=1S/C17H19NO4S/c1-10-3-5-11(6-4-10)16(15(19)17(20)21)23-14-9-12(22-2)7-8-13(14)18/h3-9,15-16,19H,18H2,1-2H3,(H,20,21)/t15-,16+/m0/s1. The van der Waals surface area contributed by atoms with Gasteiger partial charge in [0.15, 0.2) is 6.10 Å². The van der Waals surface area contributed by atoms with Gasteiger partial charge >= 0.3 is 5.97 Å². The van der Waals surface area contributed by atoms with E-state index < -0.39 is 17.3 Å². The maximum Gasteiger partial charge on any atom is 0.334 e. The lowest BCUT2D eigenvalue weighted by Gasteiger charge is -2.21. The van der Waals surface area contributed by atoms with Crippen molar-refractivity contribution < 1.29 is 19.7 Å². The van der Waals surface area contributed by atoms with Crippen molar-refractivity contribution >= 4 is 23.4 Å². The highest BCUT2D eigenvalue weighted by atomic mass is 32.2. The molecule has 2 aromatic rings. The Morgan fingerprint density at radius 1 is 1.22 bits per heavy atom. The molecule has 0 aliphatic heterocycles. The molecule has 0 saturated carbocycles. The van der Waals surface area contributed by atoms with Gasteiger partial charge in [0.2, 0.25) is 0 Å². The fourth-order valence-electron chi connectivity index (χ4n) is 2.08. The fourth-order valence-corrected chi connectivity index (χ4v) is 3.28. The maximum atomic E-state index is 11.3. The minimum Gasteiger partial charge on any atom is -0.497 e. The van der Waals surface area contributed by atoms with Crippen LogP contribution in [0.4, 0.5) is 5.69 Å². The van der Waals surface area contributed by atoms with Crippen LogP contribution in [0.1, 0.15) is 16.4 Å². The molecule has 23 heavy (non-hydrogen) atoms. The maximum absolute atomic E-state index is 11.3. The summed E-state index contributed by atoms with van der Waals surface area (Å²) in [4.78, 5) is 11.9. The summed E-state index contributed by atoms with van der Waals surface area (Å²) >= 11 is 1.20. The van der Waals surface area contributed by atoms with Gasteiger partial charge in [-0.15, -0.1) is 11.8 Å². The van der Waals surface area contributed by atoms with Crippen molar-refractivity contribution in [3.05, 3.63) is 53.6 Å². The Kier molecular flexibility index (Phi) is 5.52. The summed E-state index contributed by atoms with van der Waals surface area (Å²) in [6.07, 6.45) is -1.55. The number of carboxylic acids is 1. The number of aliphatic carboxylic acids is 1. The number of aliphatic hydroxyl groups is 1. The average Bonchev–Trinajstić information content (AvgIpc) is 2.54. The van der Waals surface area contributed by atoms with Gasteiger partial charge in [-0.05, 0) is 30.7 Å². The molecular formula is C17H19NO4S. The molecular weight excluding hydrogens is 314 g/mol. The monoisotopic (exact) mass is 333 g/mol. The molecule has 4 N–H and O–H groups in total. The Morgan fingerprint density at radius 3 is 2.43 bits per heavy atom. The first-order valence-electron chi connectivity index (χ1n) is 7.00. The number of anilines is 1. The van der Waals surface area contributed by atoms with Crippen molar-refractivity contribution in [1.82, 2.24) is 0 Å². The Hall–Kier alpha value is -2.18. The third-order valence-corrected chi connectivity index (χ3v) is 4.81. The van der Waals surface area contributed by atoms with Crippen molar-refractivity contribution in [2.45, 2.75) is 23.2 Å². The number of nitrogens with two attached hydrogens (primary N) is 1. The van der Waals surface area contributed by atoms with Crippen LogP contribution in [0.25, 0.3) is 0 Å². The van der Waals surface area contributed by atoms with Crippen LogP contribution in [-0.2, 0) is 4.79 Å². The molecule has 0 amide bonds. The van der Waals surface area contributed by atoms with E-state index in [1.165, 1.54) is 11.8 Å². The number of thioether (sulfide) groups is 1. The SMILES string of the molecule is COc1ccc(N)c(S[C@H](c2ccc(C)cc2)[C@H](O)C(=O)O)c1. The highest BCUT2D eigenvalue weighted by Gasteiger charge is 2.29. The lowest BCUT2D eigenvalue weighted by atomic mass is 10.1. The van der Waals surface area contributed by atoms with Crippen LogP contribution >= 0.6 is 11.8 Å². The van der Waals surface area contributed by atoms with Gasteiger partial charge in [0, 0.05) is 10.6 Å². The molecule has 5 nitrogen and oxygen atoms in total. The van der Waals surface area contributed by atoms with Crippen LogP contribution in [-0.4, -0.2) is 29.4 Å². The van der Waals surface area contributed by atoms with Crippen molar-refractivity contribution in [3.63, 3.8) is 0 Å². The molecule has 0 unspecified atom stereocenters. The summed E-state index contributed by atoms with van der Waals surface area (Å²) < 4.78 is 5.17. The van der Waals surface area contributed by atoms with Crippen LogP contribution in [0.3, 0.4) is 0 Å². The van der Waals surface area contributed by atoms with Gasteiger partial charge in [0.25, 0.3) is 0 Å². The zero-order valence-electron chi connectivity index (χ0n) is 12.9. The van der Waals surface area contributed by atoms with E-state index in [4.69, 9.17) is 10.5 Å². The number of rotatable bonds is 6. The molecule has 0 saturated heterocycles. The second-order valence-electron chi connectivity index (χ2n) is 5.14.